The maximum Gasteiger partial charge on any atom is 0.573 e. The van der Waals surface area contributed by atoms with Crippen molar-refractivity contribution in [1.82, 2.24) is 35.8 Å². The molecular formula is C52H61F3N8O9S. The molecule has 2 fully saturated rings. The van der Waals surface area contributed by atoms with E-state index in [-0.39, 0.29) is 61.0 Å². The highest BCUT2D eigenvalue weighted by Crippen LogP contribution is 2.37. The minimum Gasteiger partial charge on any atom is -0.491 e. The summed E-state index contributed by atoms with van der Waals surface area (Å²) >= 11 is 1.37. The lowest BCUT2D eigenvalue weighted by atomic mass is 9.83. The molecule has 5 aromatic rings. The highest BCUT2D eigenvalue weighted by atomic mass is 32.1. The fourth-order valence-corrected chi connectivity index (χ4v) is 9.48. The lowest BCUT2D eigenvalue weighted by molar-refractivity contribution is -0.274. The number of likely N-dealkylation sites (N-methyl/N-ethyl adjacent to an activating group) is 1. The standard InChI is InChI=1S/C52H61F3N8O9S/c1-34(56-2)48(65)62-46(35-9-4-3-5-10-35)51(67)63-21-8-15-44(63)50-61-43(32-73-50)47(64)37-12-7-14-41(30-37)71-28-27-70-26-25-69-24-23-68-22-20-57-49(66)38-13-6-11-36(29-38)42-31-45(59-33-58-42)60-39-16-18-40(19-17-39)72-52(53,54)55/h6-7,11-14,16-19,29-35,44,46,56H,3-5,8-10,15,20-28H2,1-2H3,(H,57,66)(H,62,65)(H,58,59,60)/t34-,44-,46-/m0/s1. The molecule has 1 aliphatic carbocycles. The molecule has 3 aromatic carbocycles. The summed E-state index contributed by atoms with van der Waals surface area (Å²) in [5.41, 5.74) is 2.82. The van der Waals surface area contributed by atoms with Crippen molar-refractivity contribution in [3.8, 4) is 22.8 Å². The van der Waals surface area contributed by atoms with Crippen LogP contribution in [0.25, 0.3) is 11.3 Å². The first-order chi connectivity index (χ1) is 35.3. The molecule has 0 unspecified atom stereocenters. The Hall–Kier alpha value is -6.52. The second-order valence-electron chi connectivity index (χ2n) is 17.5. The van der Waals surface area contributed by atoms with E-state index < -0.39 is 18.4 Å². The van der Waals surface area contributed by atoms with Gasteiger partial charge in [0.05, 0.1) is 57.4 Å². The summed E-state index contributed by atoms with van der Waals surface area (Å²) < 4.78 is 64.1. The number of nitrogens with one attached hydrogen (secondary N) is 4. The van der Waals surface area contributed by atoms with Gasteiger partial charge in [0.1, 0.15) is 47.0 Å². The van der Waals surface area contributed by atoms with Gasteiger partial charge in [-0.2, -0.15) is 0 Å². The fourth-order valence-electron chi connectivity index (χ4n) is 8.53. The number of alkyl halides is 3. The van der Waals surface area contributed by atoms with Crippen molar-refractivity contribution in [3.63, 3.8) is 0 Å². The van der Waals surface area contributed by atoms with Gasteiger partial charge in [0.25, 0.3) is 5.91 Å². The van der Waals surface area contributed by atoms with Crippen molar-refractivity contribution >= 4 is 46.3 Å². The van der Waals surface area contributed by atoms with E-state index in [0.717, 1.165) is 44.9 Å². The molecule has 2 aliphatic rings. The molecule has 1 aliphatic heterocycles. The van der Waals surface area contributed by atoms with E-state index in [1.165, 1.54) is 41.9 Å². The van der Waals surface area contributed by atoms with Crippen LogP contribution in [0, 0.1) is 5.92 Å². The van der Waals surface area contributed by atoms with E-state index >= 15 is 0 Å². The molecule has 0 spiro atoms. The summed E-state index contributed by atoms with van der Waals surface area (Å²) in [6.45, 7) is 4.78. The Balaban J connectivity index is 0.755. The van der Waals surface area contributed by atoms with Gasteiger partial charge in [0.15, 0.2) is 0 Å². The zero-order valence-corrected chi connectivity index (χ0v) is 41.6. The Kier molecular flexibility index (Phi) is 20.0. The van der Waals surface area contributed by atoms with Crippen molar-refractivity contribution in [2.75, 3.05) is 71.7 Å². The molecule has 73 heavy (non-hydrogen) atoms. The Labute approximate surface area is 425 Å². The van der Waals surface area contributed by atoms with Crippen LogP contribution in [0.2, 0.25) is 0 Å². The average molecular weight is 1030 g/mol. The van der Waals surface area contributed by atoms with Crippen LogP contribution in [0.3, 0.4) is 0 Å². The molecule has 0 radical (unpaired) electrons. The number of carbonyl (C=O) groups excluding carboxylic acids is 4. The number of hydrogen-bond donors (Lipinski definition) is 4. The average Bonchev–Trinajstić information content (AvgIpc) is 4.10. The van der Waals surface area contributed by atoms with E-state index in [0.29, 0.717) is 89.9 Å². The number of thiazole rings is 1. The number of aromatic nitrogens is 3. The van der Waals surface area contributed by atoms with Crippen molar-refractivity contribution < 1.29 is 56.0 Å². The molecule has 1 saturated carbocycles. The molecule has 3 amide bonds. The van der Waals surface area contributed by atoms with Crippen LogP contribution in [0.15, 0.2) is 90.6 Å². The number of carbonyl (C=O) groups is 4. The van der Waals surface area contributed by atoms with E-state index in [1.807, 2.05) is 4.90 Å². The lowest BCUT2D eigenvalue weighted by Crippen LogP contribution is -2.55. The second kappa shape index (κ2) is 27.0. The normalized spacial score (nSPS) is 15.8. The fraction of sp³-hybridized carbons (Fsp3) is 0.442. The van der Waals surface area contributed by atoms with Crippen LogP contribution >= 0.6 is 11.3 Å². The van der Waals surface area contributed by atoms with Crippen LogP contribution in [-0.4, -0.2) is 128 Å². The third kappa shape index (κ3) is 16.2. The summed E-state index contributed by atoms with van der Waals surface area (Å²) in [6, 6.07) is 19.4. The van der Waals surface area contributed by atoms with E-state index in [1.54, 1.807) is 73.9 Å². The third-order valence-corrected chi connectivity index (χ3v) is 13.3. The van der Waals surface area contributed by atoms with Gasteiger partial charge in [0.2, 0.25) is 17.6 Å². The van der Waals surface area contributed by atoms with Crippen molar-refractivity contribution in [2.45, 2.75) is 76.4 Å². The summed E-state index contributed by atoms with van der Waals surface area (Å²) in [4.78, 5) is 68.7. The number of likely N-dealkylation sites (tertiary alicyclic amines) is 1. The van der Waals surface area contributed by atoms with Gasteiger partial charge < -0.3 is 49.9 Å². The van der Waals surface area contributed by atoms with E-state index in [2.05, 4.69) is 36.0 Å². The number of anilines is 2. The zero-order valence-electron chi connectivity index (χ0n) is 40.8. The van der Waals surface area contributed by atoms with Crippen molar-refractivity contribution in [1.29, 1.82) is 0 Å². The van der Waals surface area contributed by atoms with Crippen molar-refractivity contribution in [2.24, 2.45) is 5.92 Å². The SMILES string of the molecule is CN[C@@H](C)C(=O)N[C@H](C(=O)N1CCC[C@H]1c1nc(C(=O)c2cccc(OCCOCCOCCOCCNC(=O)c3cccc(-c4cc(Nc5ccc(OC(F)(F)F)cc5)ncn4)c3)c2)cs1)C1CCCCC1. The monoisotopic (exact) mass is 1030 g/mol. The topological polar surface area (TPSA) is 204 Å². The molecule has 3 heterocycles. The largest absolute Gasteiger partial charge is 0.573 e. The molecule has 2 aromatic heterocycles. The molecule has 7 rings (SSSR count). The minimum atomic E-state index is -4.78. The Morgan fingerprint density at radius 3 is 2.25 bits per heavy atom. The minimum absolute atomic E-state index is 0.0754. The molecule has 0 bridgehead atoms. The Morgan fingerprint density at radius 1 is 0.795 bits per heavy atom. The Morgan fingerprint density at radius 2 is 1.51 bits per heavy atom. The Bertz CT molecular complexity index is 2600. The number of nitrogens with zero attached hydrogens (tertiary/aromatic N) is 4. The third-order valence-electron chi connectivity index (χ3n) is 12.4. The summed E-state index contributed by atoms with van der Waals surface area (Å²) in [7, 11) is 1.72. The van der Waals surface area contributed by atoms with Crippen LogP contribution in [0.5, 0.6) is 11.5 Å². The molecule has 1 saturated heterocycles. The first kappa shape index (κ1) is 54.3. The highest BCUT2D eigenvalue weighted by Gasteiger charge is 2.40. The predicted octanol–water partition coefficient (Wildman–Crippen LogP) is 7.67. The summed E-state index contributed by atoms with van der Waals surface area (Å²) in [5, 5.41) is 14.3. The van der Waals surface area contributed by atoms with Crippen molar-refractivity contribution in [3.05, 3.63) is 112 Å². The van der Waals surface area contributed by atoms with Gasteiger partial charge >= 0.3 is 6.36 Å². The molecule has 21 heteroatoms. The molecule has 4 N–H and O–H groups in total. The van der Waals surface area contributed by atoms with Gasteiger partial charge in [-0.15, -0.1) is 24.5 Å². The maximum absolute atomic E-state index is 14.2. The smallest absolute Gasteiger partial charge is 0.491 e. The number of ether oxygens (including phenoxy) is 5. The number of rotatable bonds is 26. The summed E-state index contributed by atoms with van der Waals surface area (Å²) in [6.07, 6.45) is 3.12. The van der Waals surface area contributed by atoms with E-state index in [9.17, 15) is 32.3 Å². The first-order valence-electron chi connectivity index (χ1n) is 24.4. The molecular weight excluding hydrogens is 970 g/mol. The van der Waals surface area contributed by atoms with Crippen LogP contribution in [0.4, 0.5) is 24.7 Å². The number of halogens is 3. The van der Waals surface area contributed by atoms with Crippen LogP contribution < -0.4 is 30.7 Å². The number of benzene rings is 3. The maximum atomic E-state index is 14.2. The predicted molar refractivity (Wildman–Crippen MR) is 267 cm³/mol. The lowest BCUT2D eigenvalue weighted by Gasteiger charge is -2.35. The van der Waals surface area contributed by atoms with Gasteiger partial charge in [-0.3, -0.25) is 19.2 Å². The molecule has 3 atom stereocenters. The molecule has 17 nitrogen and oxygen atoms in total. The first-order valence-corrected chi connectivity index (χ1v) is 25.3. The van der Waals surface area contributed by atoms with E-state index in [4.69, 9.17) is 23.9 Å². The van der Waals surface area contributed by atoms with Gasteiger partial charge in [0, 0.05) is 46.9 Å². The van der Waals surface area contributed by atoms with Gasteiger partial charge in [-0.25, -0.2) is 15.0 Å². The number of ketones is 1. The van der Waals surface area contributed by atoms with Gasteiger partial charge in [-0.05, 0) is 94.1 Å². The molecule has 390 valence electrons. The summed E-state index contributed by atoms with van der Waals surface area (Å²) in [5.74, 6) is -0.155. The number of hydrogen-bond acceptors (Lipinski definition) is 15. The van der Waals surface area contributed by atoms with Crippen LogP contribution in [-0.2, 0) is 23.8 Å². The quantitative estimate of drug-likeness (QED) is 0.0310. The zero-order chi connectivity index (χ0) is 51.6. The second-order valence-corrected chi connectivity index (χ2v) is 18.4. The number of amides is 3. The van der Waals surface area contributed by atoms with Gasteiger partial charge in [-0.1, -0.05) is 43.5 Å². The highest BCUT2D eigenvalue weighted by molar-refractivity contribution is 7.10. The van der Waals surface area contributed by atoms with Crippen LogP contribution in [0.1, 0.15) is 89.3 Å².